The Morgan fingerprint density at radius 1 is 1.15 bits per heavy atom. The molecular weight excluding hydrogens is 368 g/mol. The van der Waals surface area contributed by atoms with E-state index in [-0.39, 0.29) is 29.0 Å². The highest BCUT2D eigenvalue weighted by molar-refractivity contribution is 7.86. The molecule has 27 heavy (non-hydrogen) atoms. The van der Waals surface area contributed by atoms with Crippen LogP contribution in [-0.2, 0) is 14.3 Å². The van der Waals surface area contributed by atoms with Crippen LogP contribution >= 0.6 is 0 Å². The Morgan fingerprint density at radius 3 is 2.44 bits per heavy atom. The molecule has 0 radical (unpaired) electrons. The summed E-state index contributed by atoms with van der Waals surface area (Å²) in [7, 11) is -1.82. The number of benzene rings is 2. The van der Waals surface area contributed by atoms with Crippen molar-refractivity contribution in [3.05, 3.63) is 70.3 Å². The molecule has 8 heteroatoms. The van der Waals surface area contributed by atoms with E-state index >= 15 is 0 Å². The molecule has 1 aliphatic rings. The van der Waals surface area contributed by atoms with Crippen LogP contribution in [0.2, 0.25) is 0 Å². The molecule has 2 unspecified atom stereocenters. The highest BCUT2D eigenvalue weighted by Crippen LogP contribution is 2.34. The van der Waals surface area contributed by atoms with Crippen LogP contribution in [0.4, 0.5) is 5.69 Å². The Balaban J connectivity index is 1.75. The van der Waals surface area contributed by atoms with Crippen molar-refractivity contribution in [3.63, 3.8) is 0 Å². The van der Waals surface area contributed by atoms with E-state index in [0.717, 1.165) is 18.5 Å². The van der Waals surface area contributed by atoms with E-state index in [1.54, 1.807) is 30.3 Å². The number of likely N-dealkylation sites (tertiary alicyclic amines) is 1. The molecule has 1 heterocycles. The summed E-state index contributed by atoms with van der Waals surface area (Å²) < 4.78 is 30.2. The summed E-state index contributed by atoms with van der Waals surface area (Å²) in [6.07, 6.45) is 0.841. The van der Waals surface area contributed by atoms with Crippen LogP contribution in [0.25, 0.3) is 0 Å². The van der Waals surface area contributed by atoms with E-state index in [0.29, 0.717) is 6.54 Å². The minimum Gasteiger partial charge on any atom is -0.306 e. The number of rotatable bonds is 6. The van der Waals surface area contributed by atoms with Crippen LogP contribution in [-0.4, -0.2) is 45.0 Å². The molecule has 3 rings (SSSR count). The fourth-order valence-corrected chi connectivity index (χ4v) is 4.48. The molecule has 0 saturated carbocycles. The molecule has 2 aromatic rings. The van der Waals surface area contributed by atoms with Crippen molar-refractivity contribution < 1.29 is 17.5 Å². The lowest BCUT2D eigenvalue weighted by Crippen LogP contribution is -2.39. The lowest BCUT2D eigenvalue weighted by molar-refractivity contribution is -0.384. The largest absolute Gasteiger partial charge is 0.306 e. The average molecular weight is 390 g/mol. The third kappa shape index (κ3) is 4.71. The van der Waals surface area contributed by atoms with E-state index in [2.05, 4.69) is 4.90 Å². The summed E-state index contributed by atoms with van der Waals surface area (Å²) in [5.41, 5.74) is 1.02. The standard InChI is InChI=1S/C19H22N2O5S/c1-20-12-11-19(15-7-9-17(10-8-15)21(22)23)16(13-20)14-26-27(24,25)18-5-3-2-4-6-18/h2-10,16,19H,11-14H2,1H3. The highest BCUT2D eigenvalue weighted by atomic mass is 32.2. The van der Waals surface area contributed by atoms with Gasteiger partial charge in [-0.25, -0.2) is 0 Å². The van der Waals surface area contributed by atoms with Crippen molar-refractivity contribution in [3.8, 4) is 0 Å². The quantitative estimate of drug-likeness (QED) is 0.428. The van der Waals surface area contributed by atoms with Gasteiger partial charge in [-0.15, -0.1) is 0 Å². The molecule has 2 atom stereocenters. The second kappa shape index (κ2) is 8.16. The molecule has 1 saturated heterocycles. The molecule has 0 bridgehead atoms. The van der Waals surface area contributed by atoms with Crippen LogP contribution in [0.15, 0.2) is 59.5 Å². The zero-order valence-corrected chi connectivity index (χ0v) is 15.8. The number of non-ortho nitro benzene ring substituents is 1. The Bertz CT molecular complexity index is 884. The summed E-state index contributed by atoms with van der Waals surface area (Å²) in [4.78, 5) is 12.7. The maximum atomic E-state index is 12.4. The van der Waals surface area contributed by atoms with Crippen LogP contribution in [0.5, 0.6) is 0 Å². The first-order valence-electron chi connectivity index (χ1n) is 8.74. The van der Waals surface area contributed by atoms with Gasteiger partial charge < -0.3 is 4.90 Å². The molecular formula is C19H22N2O5S. The van der Waals surface area contributed by atoms with Gasteiger partial charge in [0.05, 0.1) is 16.4 Å². The topological polar surface area (TPSA) is 89.8 Å². The lowest BCUT2D eigenvalue weighted by Gasteiger charge is -2.36. The normalized spacial score (nSPS) is 21.1. The highest BCUT2D eigenvalue weighted by Gasteiger charge is 2.31. The molecule has 0 aliphatic carbocycles. The first kappa shape index (κ1) is 19.5. The molecule has 0 aromatic heterocycles. The molecule has 1 fully saturated rings. The van der Waals surface area contributed by atoms with Crippen LogP contribution < -0.4 is 0 Å². The van der Waals surface area contributed by atoms with Gasteiger partial charge in [0.2, 0.25) is 0 Å². The minimum absolute atomic E-state index is 0.0244. The van der Waals surface area contributed by atoms with Crippen molar-refractivity contribution in [2.24, 2.45) is 5.92 Å². The summed E-state index contributed by atoms with van der Waals surface area (Å²) in [5, 5.41) is 10.9. The zero-order chi connectivity index (χ0) is 19.4. The zero-order valence-electron chi connectivity index (χ0n) is 15.0. The van der Waals surface area contributed by atoms with Gasteiger partial charge >= 0.3 is 0 Å². The maximum Gasteiger partial charge on any atom is 0.296 e. The SMILES string of the molecule is CN1CCC(c2ccc([N+](=O)[O-])cc2)C(COS(=O)(=O)c2ccccc2)C1. The third-order valence-electron chi connectivity index (χ3n) is 4.94. The predicted octanol–water partition coefficient (Wildman–Crippen LogP) is 3.04. The summed E-state index contributed by atoms with van der Waals surface area (Å²) >= 11 is 0. The van der Waals surface area contributed by atoms with Crippen LogP contribution in [0.1, 0.15) is 17.9 Å². The molecule has 0 amide bonds. The number of nitrogens with zero attached hydrogens (tertiary/aromatic N) is 2. The van der Waals surface area contributed by atoms with Crippen molar-refractivity contribution in [2.45, 2.75) is 17.2 Å². The number of nitro groups is 1. The van der Waals surface area contributed by atoms with Gasteiger partial charge in [-0.1, -0.05) is 30.3 Å². The Labute approximate surface area is 158 Å². The van der Waals surface area contributed by atoms with Crippen LogP contribution in [0, 0.1) is 16.0 Å². The Hall–Kier alpha value is -2.29. The Kier molecular flexibility index (Phi) is 5.88. The van der Waals surface area contributed by atoms with Gasteiger partial charge in [0.15, 0.2) is 0 Å². The van der Waals surface area contributed by atoms with Gasteiger partial charge in [-0.2, -0.15) is 8.42 Å². The van der Waals surface area contributed by atoms with Crippen molar-refractivity contribution in [2.75, 3.05) is 26.7 Å². The molecule has 7 nitrogen and oxygen atoms in total. The van der Waals surface area contributed by atoms with Gasteiger partial charge in [-0.05, 0) is 43.6 Å². The minimum atomic E-state index is -3.81. The molecule has 1 aliphatic heterocycles. The number of hydrogen-bond donors (Lipinski definition) is 0. The van der Waals surface area contributed by atoms with Gasteiger partial charge in [0.1, 0.15) is 0 Å². The van der Waals surface area contributed by atoms with Crippen molar-refractivity contribution in [1.82, 2.24) is 4.90 Å². The predicted molar refractivity (Wildman–Crippen MR) is 101 cm³/mol. The smallest absolute Gasteiger partial charge is 0.296 e. The summed E-state index contributed by atoms with van der Waals surface area (Å²) in [6.45, 7) is 1.65. The first-order chi connectivity index (χ1) is 12.9. The van der Waals surface area contributed by atoms with Crippen molar-refractivity contribution in [1.29, 1.82) is 0 Å². The van der Waals surface area contributed by atoms with E-state index in [1.165, 1.54) is 24.3 Å². The van der Waals surface area contributed by atoms with E-state index in [1.807, 2.05) is 7.05 Å². The fourth-order valence-electron chi connectivity index (χ4n) is 3.50. The average Bonchev–Trinajstić information content (AvgIpc) is 2.67. The van der Waals surface area contributed by atoms with Gasteiger partial charge in [0.25, 0.3) is 15.8 Å². The summed E-state index contributed by atoms with van der Waals surface area (Å²) in [5.74, 6) is 0.0664. The van der Waals surface area contributed by atoms with Crippen LogP contribution in [0.3, 0.4) is 0 Å². The van der Waals surface area contributed by atoms with E-state index in [4.69, 9.17) is 4.18 Å². The fraction of sp³-hybridized carbons (Fsp3) is 0.368. The first-order valence-corrected chi connectivity index (χ1v) is 10.1. The molecule has 144 valence electrons. The second-order valence-electron chi connectivity index (χ2n) is 6.82. The van der Waals surface area contributed by atoms with E-state index in [9.17, 15) is 18.5 Å². The maximum absolute atomic E-state index is 12.4. The second-order valence-corrected chi connectivity index (χ2v) is 8.43. The Morgan fingerprint density at radius 2 is 1.81 bits per heavy atom. The third-order valence-corrected chi connectivity index (χ3v) is 6.23. The van der Waals surface area contributed by atoms with E-state index < -0.39 is 15.0 Å². The molecule has 2 aromatic carbocycles. The van der Waals surface area contributed by atoms with Gasteiger partial charge in [0, 0.05) is 24.6 Å². The van der Waals surface area contributed by atoms with Gasteiger partial charge in [-0.3, -0.25) is 14.3 Å². The number of hydrogen-bond acceptors (Lipinski definition) is 6. The molecule has 0 spiro atoms. The van der Waals surface area contributed by atoms with Crippen molar-refractivity contribution >= 4 is 15.8 Å². The lowest BCUT2D eigenvalue weighted by atomic mass is 9.81. The molecule has 0 N–H and O–H groups in total. The number of piperidine rings is 1. The monoisotopic (exact) mass is 390 g/mol. The summed E-state index contributed by atoms with van der Waals surface area (Å²) in [6, 6.07) is 14.6. The number of nitro benzene ring substituents is 1.